The number of benzene rings is 1. The second-order valence-electron chi connectivity index (χ2n) is 8.09. The van der Waals surface area contributed by atoms with Crippen LogP contribution in [0.15, 0.2) is 42.0 Å². The molecule has 0 spiro atoms. The summed E-state index contributed by atoms with van der Waals surface area (Å²) in [5, 5.41) is 0. The van der Waals surface area contributed by atoms with E-state index in [0.29, 0.717) is 25.3 Å². The first-order chi connectivity index (χ1) is 11.5. The molecule has 1 atom stereocenters. The molecule has 1 unspecified atom stereocenters. The summed E-state index contributed by atoms with van der Waals surface area (Å²) in [5.74, 6) is 1.14. The molecule has 1 aromatic carbocycles. The lowest BCUT2D eigenvalue weighted by atomic mass is 9.55. The van der Waals surface area contributed by atoms with E-state index in [2.05, 4.69) is 18.2 Å². The average Bonchev–Trinajstić information content (AvgIpc) is 3.39. The lowest BCUT2D eigenvalue weighted by Gasteiger charge is -2.50. The van der Waals surface area contributed by atoms with Crippen LogP contribution in [0.3, 0.4) is 0 Å². The Kier molecular flexibility index (Phi) is 3.45. The Morgan fingerprint density at radius 1 is 1.12 bits per heavy atom. The molecule has 126 valence electrons. The van der Waals surface area contributed by atoms with Crippen LogP contribution >= 0.6 is 0 Å². The van der Waals surface area contributed by atoms with E-state index >= 15 is 0 Å². The Balaban J connectivity index is 1.85. The minimum absolute atomic E-state index is 0.207. The van der Waals surface area contributed by atoms with Gasteiger partial charge in [0.15, 0.2) is 0 Å². The summed E-state index contributed by atoms with van der Waals surface area (Å²) >= 11 is 0. The number of nitrogens with zero attached hydrogens (tertiary/aromatic N) is 1. The maximum atomic E-state index is 13.6. The van der Waals surface area contributed by atoms with Gasteiger partial charge in [0.25, 0.3) is 0 Å². The number of carbonyl (C=O) groups is 2. The van der Waals surface area contributed by atoms with Crippen LogP contribution in [-0.2, 0) is 15.0 Å². The van der Waals surface area contributed by atoms with Crippen LogP contribution in [0.4, 0.5) is 0 Å². The van der Waals surface area contributed by atoms with Gasteiger partial charge in [-0.15, -0.1) is 0 Å². The lowest BCUT2D eigenvalue weighted by Crippen LogP contribution is -2.58. The molecule has 3 nitrogen and oxygen atoms in total. The molecule has 2 fully saturated rings. The molecule has 4 rings (SSSR count). The number of carbonyl (C=O) groups excluding carboxylic acids is 2. The fourth-order valence-corrected chi connectivity index (χ4v) is 4.55. The normalized spacial score (nSPS) is 29.2. The van der Waals surface area contributed by atoms with Crippen molar-refractivity contribution in [3.8, 4) is 0 Å². The molecule has 24 heavy (non-hydrogen) atoms. The monoisotopic (exact) mass is 323 g/mol. The van der Waals surface area contributed by atoms with E-state index in [4.69, 9.17) is 0 Å². The van der Waals surface area contributed by atoms with Crippen molar-refractivity contribution in [3.63, 3.8) is 0 Å². The summed E-state index contributed by atoms with van der Waals surface area (Å²) in [5.41, 5.74) is 0.859. The van der Waals surface area contributed by atoms with Gasteiger partial charge in [0.1, 0.15) is 5.78 Å². The highest BCUT2D eigenvalue weighted by Gasteiger charge is 2.57. The van der Waals surface area contributed by atoms with Crippen molar-refractivity contribution >= 4 is 11.7 Å². The van der Waals surface area contributed by atoms with Crippen molar-refractivity contribution in [1.82, 2.24) is 4.90 Å². The molecular formula is C21H25NO2. The molecule has 2 saturated carbocycles. The smallest absolute Gasteiger partial charge is 0.237 e. The number of Topliss-reactive ketones (excluding diaryl/α,β-unsaturated/α-hetero) is 1. The van der Waals surface area contributed by atoms with Crippen LogP contribution < -0.4 is 0 Å². The van der Waals surface area contributed by atoms with Crippen molar-refractivity contribution in [2.24, 2.45) is 11.3 Å². The van der Waals surface area contributed by atoms with Crippen LogP contribution in [0.25, 0.3) is 0 Å². The Morgan fingerprint density at radius 3 is 2.50 bits per heavy atom. The van der Waals surface area contributed by atoms with Gasteiger partial charge in [-0.2, -0.15) is 0 Å². The van der Waals surface area contributed by atoms with E-state index in [1.807, 2.05) is 36.9 Å². The first-order valence-electron chi connectivity index (χ1n) is 9.05. The van der Waals surface area contributed by atoms with Crippen LogP contribution in [0, 0.1) is 11.3 Å². The van der Waals surface area contributed by atoms with Gasteiger partial charge in [-0.25, -0.2) is 0 Å². The van der Waals surface area contributed by atoms with Crippen molar-refractivity contribution in [3.05, 3.63) is 47.5 Å². The van der Waals surface area contributed by atoms with Crippen LogP contribution in [0.5, 0.6) is 0 Å². The van der Waals surface area contributed by atoms with Gasteiger partial charge >= 0.3 is 0 Å². The number of rotatable bonds is 3. The molecule has 3 heteroatoms. The van der Waals surface area contributed by atoms with E-state index in [9.17, 15) is 9.59 Å². The zero-order valence-electron chi connectivity index (χ0n) is 14.5. The Hall–Kier alpha value is -1.90. The van der Waals surface area contributed by atoms with Crippen molar-refractivity contribution in [2.45, 2.75) is 44.9 Å². The minimum atomic E-state index is -0.647. The van der Waals surface area contributed by atoms with Gasteiger partial charge in [0, 0.05) is 24.9 Å². The highest BCUT2D eigenvalue weighted by molar-refractivity contribution is 6.00. The first-order valence-corrected chi connectivity index (χ1v) is 9.05. The van der Waals surface area contributed by atoms with Gasteiger partial charge in [0.2, 0.25) is 5.91 Å². The molecule has 0 aromatic heterocycles. The molecule has 0 radical (unpaired) electrons. The van der Waals surface area contributed by atoms with E-state index in [-0.39, 0.29) is 11.7 Å². The number of fused-ring (bicyclic) bond motifs is 1. The molecule has 3 aliphatic rings. The number of hydrogen-bond acceptors (Lipinski definition) is 2. The maximum Gasteiger partial charge on any atom is 0.237 e. The third kappa shape index (κ3) is 2.17. The minimum Gasteiger partial charge on any atom is -0.338 e. The van der Waals surface area contributed by atoms with E-state index in [1.165, 1.54) is 12.8 Å². The molecule has 0 bridgehead atoms. The SMILES string of the molecule is CC1(C)C(=O)CCC2(c3ccccc3)C(=O)N(CC3CC3)CC=C12. The summed E-state index contributed by atoms with van der Waals surface area (Å²) in [6, 6.07) is 10.1. The van der Waals surface area contributed by atoms with Crippen molar-refractivity contribution in [1.29, 1.82) is 0 Å². The summed E-state index contributed by atoms with van der Waals surface area (Å²) < 4.78 is 0. The topological polar surface area (TPSA) is 37.4 Å². The zero-order chi connectivity index (χ0) is 16.9. The number of hydrogen-bond donors (Lipinski definition) is 0. The molecule has 1 amide bonds. The van der Waals surface area contributed by atoms with Crippen LogP contribution in [0.2, 0.25) is 0 Å². The molecule has 1 aromatic rings. The lowest BCUT2D eigenvalue weighted by molar-refractivity contribution is -0.140. The largest absolute Gasteiger partial charge is 0.338 e. The molecule has 0 saturated heterocycles. The molecule has 0 N–H and O–H groups in total. The van der Waals surface area contributed by atoms with Gasteiger partial charge in [-0.3, -0.25) is 9.59 Å². The van der Waals surface area contributed by atoms with Crippen LogP contribution in [0.1, 0.15) is 45.1 Å². The predicted molar refractivity (Wildman–Crippen MR) is 93.5 cm³/mol. The van der Waals surface area contributed by atoms with Gasteiger partial charge in [0.05, 0.1) is 5.41 Å². The third-order valence-corrected chi connectivity index (χ3v) is 6.17. The Bertz CT molecular complexity index is 715. The molecular weight excluding hydrogens is 298 g/mol. The molecule has 1 aliphatic heterocycles. The second-order valence-corrected chi connectivity index (χ2v) is 8.09. The van der Waals surface area contributed by atoms with Crippen LogP contribution in [-0.4, -0.2) is 29.7 Å². The molecule has 2 aliphatic carbocycles. The summed E-state index contributed by atoms with van der Waals surface area (Å²) in [7, 11) is 0. The second kappa shape index (κ2) is 5.30. The van der Waals surface area contributed by atoms with E-state index in [0.717, 1.165) is 17.7 Å². The third-order valence-electron chi connectivity index (χ3n) is 6.17. The average molecular weight is 323 g/mol. The maximum absolute atomic E-state index is 13.6. The van der Waals surface area contributed by atoms with Crippen molar-refractivity contribution in [2.75, 3.05) is 13.1 Å². The standard InChI is InChI=1S/C21H25NO2/c1-20(2)17-11-13-22(14-15-8-9-15)19(24)21(17,12-10-18(20)23)16-6-4-3-5-7-16/h3-7,11,15H,8-10,12-14H2,1-2H3. The highest BCUT2D eigenvalue weighted by atomic mass is 16.2. The van der Waals surface area contributed by atoms with Crippen molar-refractivity contribution < 1.29 is 9.59 Å². The number of amides is 1. The first kappa shape index (κ1) is 15.6. The summed E-state index contributed by atoms with van der Waals surface area (Å²) in [4.78, 5) is 28.2. The van der Waals surface area contributed by atoms with E-state index < -0.39 is 10.8 Å². The van der Waals surface area contributed by atoms with Gasteiger partial charge in [-0.1, -0.05) is 36.4 Å². The van der Waals surface area contributed by atoms with Gasteiger partial charge in [-0.05, 0) is 50.2 Å². The zero-order valence-corrected chi connectivity index (χ0v) is 14.5. The van der Waals surface area contributed by atoms with Gasteiger partial charge < -0.3 is 4.90 Å². The fraction of sp³-hybridized carbons (Fsp3) is 0.524. The molecule has 1 heterocycles. The predicted octanol–water partition coefficient (Wildman–Crippen LogP) is 3.49. The summed E-state index contributed by atoms with van der Waals surface area (Å²) in [6.07, 6.45) is 5.73. The summed E-state index contributed by atoms with van der Waals surface area (Å²) in [6.45, 7) is 5.49. The highest BCUT2D eigenvalue weighted by Crippen LogP contribution is 2.53. The fourth-order valence-electron chi connectivity index (χ4n) is 4.55. The Morgan fingerprint density at radius 2 is 1.83 bits per heavy atom. The quantitative estimate of drug-likeness (QED) is 0.799. The number of ketones is 1. The Labute approximate surface area is 143 Å². The van der Waals surface area contributed by atoms with E-state index in [1.54, 1.807) is 0 Å².